The molecular formula is C15H40O4Si5. The molecule has 0 aliphatic rings. The van der Waals surface area contributed by atoms with Gasteiger partial charge >= 0.3 is 25.7 Å². The van der Waals surface area contributed by atoms with Crippen molar-refractivity contribution in [3.05, 3.63) is 12.7 Å². The van der Waals surface area contributed by atoms with Crippen molar-refractivity contribution in [2.24, 2.45) is 0 Å². The molecule has 0 rings (SSSR count). The van der Waals surface area contributed by atoms with Crippen molar-refractivity contribution in [1.29, 1.82) is 0 Å². The van der Waals surface area contributed by atoms with Crippen molar-refractivity contribution in [2.45, 2.75) is 84.5 Å². The summed E-state index contributed by atoms with van der Waals surface area (Å²) in [6.45, 7) is 27.7. The average Bonchev–Trinajstić information content (AvgIpc) is 2.16. The van der Waals surface area contributed by atoms with Crippen molar-refractivity contribution in [2.75, 3.05) is 0 Å². The molecule has 0 aliphatic heterocycles. The molecule has 4 nitrogen and oxygen atoms in total. The van der Waals surface area contributed by atoms with Crippen LogP contribution in [0.25, 0.3) is 0 Å². The number of allylic oxidation sites excluding steroid dienone is 1. The summed E-state index contributed by atoms with van der Waals surface area (Å²) in [4.78, 5) is 0. The minimum absolute atomic E-state index is 1.00. The smallest absolute Gasteiger partial charge is 0.314 e. The summed E-state index contributed by atoms with van der Waals surface area (Å²) < 4.78 is 25.8. The molecule has 0 fully saturated rings. The van der Waals surface area contributed by atoms with Gasteiger partial charge in [-0.15, -0.1) is 6.58 Å². The van der Waals surface area contributed by atoms with E-state index in [1.807, 2.05) is 6.08 Å². The lowest BCUT2D eigenvalue weighted by Crippen LogP contribution is -2.58. The molecular weight excluding hydrogens is 385 g/mol. The molecule has 0 radical (unpaired) electrons. The number of hydrogen-bond donors (Lipinski definition) is 0. The van der Waals surface area contributed by atoms with Gasteiger partial charge in [0.05, 0.1) is 0 Å². The Labute approximate surface area is 156 Å². The van der Waals surface area contributed by atoms with Gasteiger partial charge in [0.15, 0.2) is 16.6 Å². The van der Waals surface area contributed by atoms with E-state index in [-0.39, 0.29) is 0 Å². The summed E-state index contributed by atoms with van der Waals surface area (Å²) in [7, 11) is -10.1. The molecule has 0 bridgehead atoms. The van der Waals surface area contributed by atoms with E-state index in [0.29, 0.717) is 0 Å². The first kappa shape index (κ1) is 24.7. The monoisotopic (exact) mass is 424 g/mol. The quantitative estimate of drug-likeness (QED) is 0.311. The van der Waals surface area contributed by atoms with E-state index < -0.39 is 42.3 Å². The van der Waals surface area contributed by atoms with Gasteiger partial charge in [0, 0.05) is 0 Å². The Bertz CT molecular complexity index is 417. The zero-order valence-electron chi connectivity index (χ0n) is 17.8. The summed E-state index contributed by atoms with van der Waals surface area (Å²) in [6, 6.07) is 1.08. The Morgan fingerprint density at radius 2 is 1.00 bits per heavy atom. The van der Waals surface area contributed by atoms with Crippen LogP contribution in [0, 0.1) is 0 Å². The van der Waals surface area contributed by atoms with Crippen LogP contribution in [0.3, 0.4) is 0 Å². The van der Waals surface area contributed by atoms with Gasteiger partial charge in [-0.2, -0.15) is 0 Å². The number of hydrogen-bond acceptors (Lipinski definition) is 4. The fraction of sp³-hybridized carbons (Fsp3) is 0.867. The van der Waals surface area contributed by atoms with Gasteiger partial charge in [0.1, 0.15) is 0 Å². The van der Waals surface area contributed by atoms with E-state index in [1.54, 1.807) is 0 Å². The first-order valence-electron chi connectivity index (χ1n) is 8.80. The standard InChI is InChI=1S/C15H40O4Si5/c1-13-14-15-21(5,6)17-23(9,10)19-24(11,12)18-22(7,8)16-20(2,3)4/h13H,1,14-15H2,2-12H3. The summed E-state index contributed by atoms with van der Waals surface area (Å²) in [5.41, 5.74) is 0. The Morgan fingerprint density at radius 3 is 1.38 bits per heavy atom. The summed E-state index contributed by atoms with van der Waals surface area (Å²) in [6.07, 6.45) is 2.97. The zero-order chi connectivity index (χ0) is 19.4. The van der Waals surface area contributed by atoms with Crippen LogP contribution in [0.2, 0.25) is 78.1 Å². The van der Waals surface area contributed by atoms with E-state index in [4.69, 9.17) is 16.5 Å². The van der Waals surface area contributed by atoms with Gasteiger partial charge in [-0.3, -0.25) is 0 Å². The van der Waals surface area contributed by atoms with Gasteiger partial charge in [0.2, 0.25) is 0 Å². The molecule has 0 aliphatic carbocycles. The maximum absolute atomic E-state index is 6.52. The van der Waals surface area contributed by atoms with Crippen molar-refractivity contribution < 1.29 is 16.5 Å². The first-order valence-corrected chi connectivity index (χ1v) is 23.8. The van der Waals surface area contributed by atoms with Crippen molar-refractivity contribution in [1.82, 2.24) is 0 Å². The Kier molecular flexibility index (Phi) is 8.81. The van der Waals surface area contributed by atoms with Gasteiger partial charge in [-0.25, -0.2) is 0 Å². The van der Waals surface area contributed by atoms with Gasteiger partial charge < -0.3 is 16.5 Å². The SMILES string of the molecule is C=CCC[Si](C)(C)O[Si](C)(C)O[Si](C)(C)O[Si](C)(C)O[Si](C)(C)C. The molecule has 24 heavy (non-hydrogen) atoms. The van der Waals surface area contributed by atoms with Crippen LogP contribution in [0.4, 0.5) is 0 Å². The molecule has 0 amide bonds. The second-order valence-corrected chi connectivity index (χ2v) is 29.2. The molecule has 0 aromatic heterocycles. The molecule has 0 saturated heterocycles. The van der Waals surface area contributed by atoms with Crippen LogP contribution >= 0.6 is 0 Å². The van der Waals surface area contributed by atoms with E-state index in [9.17, 15) is 0 Å². The fourth-order valence-electron chi connectivity index (χ4n) is 3.15. The molecule has 0 aromatic rings. The van der Waals surface area contributed by atoms with E-state index in [0.717, 1.165) is 12.5 Å². The van der Waals surface area contributed by atoms with Crippen molar-refractivity contribution in [3.63, 3.8) is 0 Å². The normalized spacial score (nSPS) is 14.8. The van der Waals surface area contributed by atoms with E-state index in [1.165, 1.54) is 0 Å². The molecule has 9 heteroatoms. The molecule has 0 unspecified atom stereocenters. The minimum atomic E-state index is -2.31. The molecule has 0 heterocycles. The highest BCUT2D eigenvalue weighted by molar-refractivity contribution is 6.90. The van der Waals surface area contributed by atoms with E-state index >= 15 is 0 Å². The van der Waals surface area contributed by atoms with Gasteiger partial charge in [-0.05, 0) is 84.5 Å². The third kappa shape index (κ3) is 12.1. The minimum Gasteiger partial charge on any atom is -0.437 e. The third-order valence-corrected chi connectivity index (χ3v) is 21.0. The largest absolute Gasteiger partial charge is 0.437 e. The molecule has 0 atom stereocenters. The highest BCUT2D eigenvalue weighted by Crippen LogP contribution is 2.27. The summed E-state index contributed by atoms with van der Waals surface area (Å²) in [5.74, 6) is 0. The second-order valence-electron chi connectivity index (χ2n) is 9.31. The summed E-state index contributed by atoms with van der Waals surface area (Å²) >= 11 is 0. The van der Waals surface area contributed by atoms with Crippen molar-refractivity contribution >= 4 is 42.3 Å². The lowest BCUT2D eigenvalue weighted by Gasteiger charge is -2.42. The third-order valence-electron chi connectivity index (χ3n) is 3.01. The Balaban J connectivity index is 4.90. The van der Waals surface area contributed by atoms with Crippen molar-refractivity contribution in [3.8, 4) is 0 Å². The molecule has 0 aromatic carbocycles. The topological polar surface area (TPSA) is 36.9 Å². The average molecular weight is 425 g/mol. The van der Waals surface area contributed by atoms with E-state index in [2.05, 4.69) is 78.6 Å². The Hall–Kier alpha value is 0.664. The lowest BCUT2D eigenvalue weighted by atomic mass is 10.5. The van der Waals surface area contributed by atoms with Crippen LogP contribution in [0.15, 0.2) is 12.7 Å². The first-order chi connectivity index (χ1) is 10.4. The molecule has 0 N–H and O–H groups in total. The number of rotatable bonds is 11. The van der Waals surface area contributed by atoms with Crippen LogP contribution in [0.5, 0.6) is 0 Å². The van der Waals surface area contributed by atoms with Crippen LogP contribution in [0.1, 0.15) is 6.42 Å². The predicted octanol–water partition coefficient (Wildman–Crippen LogP) is 5.77. The maximum atomic E-state index is 6.52. The summed E-state index contributed by atoms with van der Waals surface area (Å²) in [5, 5.41) is 0. The highest BCUT2D eigenvalue weighted by Gasteiger charge is 2.44. The molecule has 144 valence electrons. The lowest BCUT2D eigenvalue weighted by molar-refractivity contribution is 0.299. The van der Waals surface area contributed by atoms with Crippen LogP contribution in [-0.4, -0.2) is 42.3 Å². The van der Waals surface area contributed by atoms with Gasteiger partial charge in [-0.1, -0.05) is 6.08 Å². The predicted molar refractivity (Wildman–Crippen MR) is 117 cm³/mol. The Morgan fingerprint density at radius 1 is 0.625 bits per heavy atom. The molecule has 0 saturated carbocycles. The highest BCUT2D eigenvalue weighted by atomic mass is 28.5. The maximum Gasteiger partial charge on any atom is 0.314 e. The molecule has 0 spiro atoms. The van der Waals surface area contributed by atoms with Crippen LogP contribution < -0.4 is 0 Å². The second kappa shape index (κ2) is 8.57. The van der Waals surface area contributed by atoms with Crippen LogP contribution in [-0.2, 0) is 16.5 Å². The zero-order valence-corrected chi connectivity index (χ0v) is 22.8. The fourth-order valence-corrected chi connectivity index (χ4v) is 26.8. The van der Waals surface area contributed by atoms with Gasteiger partial charge in [0.25, 0.3) is 0 Å².